The minimum Gasteiger partial charge on any atom is -0.271 e. The van der Waals surface area contributed by atoms with Gasteiger partial charge in [0.1, 0.15) is 0 Å². The van der Waals surface area contributed by atoms with Crippen LogP contribution in [0.3, 0.4) is 0 Å². The van der Waals surface area contributed by atoms with Crippen molar-refractivity contribution in [2.75, 3.05) is 6.26 Å². The number of nitrogens with one attached hydrogen (secondary N) is 1. The fourth-order valence-corrected chi connectivity index (χ4v) is 2.39. The Morgan fingerprint density at radius 2 is 2.00 bits per heavy atom. The number of hydrazine groups is 1. The van der Waals surface area contributed by atoms with E-state index in [0.29, 0.717) is 4.90 Å². The Kier molecular flexibility index (Phi) is 5.53. The van der Waals surface area contributed by atoms with Gasteiger partial charge in [0, 0.05) is 12.3 Å². The van der Waals surface area contributed by atoms with Gasteiger partial charge in [-0.3, -0.25) is 11.3 Å². The van der Waals surface area contributed by atoms with Gasteiger partial charge in [-0.25, -0.2) is 8.42 Å². The maximum Gasteiger partial charge on any atom is 0.175 e. The lowest BCUT2D eigenvalue weighted by Gasteiger charge is -2.16. The topological polar surface area (TPSA) is 72.2 Å². The van der Waals surface area contributed by atoms with Crippen LogP contribution < -0.4 is 11.3 Å². The largest absolute Gasteiger partial charge is 0.271 e. The molecule has 18 heavy (non-hydrogen) atoms. The molecule has 0 aliphatic heterocycles. The fraction of sp³-hybridized carbons (Fsp3) is 0.385. The first-order valence-corrected chi connectivity index (χ1v) is 7.75. The Hall–Kier alpha value is -1.17. The Morgan fingerprint density at radius 1 is 1.39 bits per heavy atom. The molecule has 0 amide bonds. The molecule has 1 aromatic rings. The van der Waals surface area contributed by atoms with Crippen LogP contribution >= 0.6 is 0 Å². The standard InChI is InChI=1S/C13H20N2O2S/c1-3-4-5-6-13(15-14)11-7-9-12(10-8-11)18(2,16)17/h3,7-10,13,15H,1,4-6,14H2,2H3. The number of rotatable bonds is 7. The first kappa shape index (κ1) is 14.9. The van der Waals surface area contributed by atoms with Crippen LogP contribution in [-0.4, -0.2) is 14.7 Å². The average molecular weight is 268 g/mol. The van der Waals surface area contributed by atoms with E-state index in [9.17, 15) is 8.42 Å². The SMILES string of the molecule is C=CCCCC(NN)c1ccc(S(C)(=O)=O)cc1. The number of hydrogen-bond donors (Lipinski definition) is 2. The summed E-state index contributed by atoms with van der Waals surface area (Å²) in [6.07, 6.45) is 5.90. The molecule has 0 bridgehead atoms. The normalized spacial score (nSPS) is 13.2. The van der Waals surface area contributed by atoms with Crippen molar-refractivity contribution in [1.29, 1.82) is 0 Å². The van der Waals surface area contributed by atoms with E-state index in [4.69, 9.17) is 5.84 Å². The predicted octanol–water partition coefficient (Wildman–Crippen LogP) is 1.95. The molecule has 4 nitrogen and oxygen atoms in total. The second kappa shape index (κ2) is 6.68. The summed E-state index contributed by atoms with van der Waals surface area (Å²) in [4.78, 5) is 0.327. The first-order chi connectivity index (χ1) is 8.49. The number of unbranched alkanes of at least 4 members (excludes halogenated alkanes) is 1. The van der Waals surface area contributed by atoms with Crippen LogP contribution in [0, 0.1) is 0 Å². The molecular weight excluding hydrogens is 248 g/mol. The van der Waals surface area contributed by atoms with Gasteiger partial charge in [0.05, 0.1) is 4.90 Å². The molecule has 0 aliphatic carbocycles. The van der Waals surface area contributed by atoms with Crippen molar-refractivity contribution >= 4 is 9.84 Å². The van der Waals surface area contributed by atoms with Crippen LogP contribution in [0.2, 0.25) is 0 Å². The van der Waals surface area contributed by atoms with Crippen molar-refractivity contribution in [3.05, 3.63) is 42.5 Å². The molecule has 1 atom stereocenters. The summed E-state index contributed by atoms with van der Waals surface area (Å²) < 4.78 is 22.7. The maximum atomic E-state index is 11.3. The summed E-state index contributed by atoms with van der Waals surface area (Å²) in [5.41, 5.74) is 3.75. The molecule has 0 aliphatic rings. The smallest absolute Gasteiger partial charge is 0.175 e. The van der Waals surface area contributed by atoms with Crippen LogP contribution in [0.1, 0.15) is 30.9 Å². The average Bonchev–Trinajstić information content (AvgIpc) is 2.34. The molecule has 100 valence electrons. The molecule has 1 rings (SSSR count). The Bertz CT molecular complexity index is 480. The van der Waals surface area contributed by atoms with Crippen LogP contribution in [0.4, 0.5) is 0 Å². The number of nitrogens with two attached hydrogens (primary N) is 1. The third kappa shape index (κ3) is 4.25. The number of sulfone groups is 1. The maximum absolute atomic E-state index is 11.3. The third-order valence-corrected chi connectivity index (χ3v) is 3.94. The quantitative estimate of drug-likeness (QED) is 0.343. The zero-order valence-corrected chi connectivity index (χ0v) is 11.4. The molecule has 0 heterocycles. The van der Waals surface area contributed by atoms with E-state index in [1.54, 1.807) is 24.3 Å². The van der Waals surface area contributed by atoms with Crippen molar-refractivity contribution < 1.29 is 8.42 Å². The fourth-order valence-electron chi connectivity index (χ4n) is 1.76. The predicted molar refractivity (Wildman–Crippen MR) is 73.7 cm³/mol. The lowest BCUT2D eigenvalue weighted by molar-refractivity contribution is 0.500. The van der Waals surface area contributed by atoms with Crippen molar-refractivity contribution in [2.24, 2.45) is 5.84 Å². The first-order valence-electron chi connectivity index (χ1n) is 5.86. The molecular formula is C13H20N2O2S. The van der Waals surface area contributed by atoms with Crippen molar-refractivity contribution in [1.82, 2.24) is 5.43 Å². The van der Waals surface area contributed by atoms with Gasteiger partial charge in [0.15, 0.2) is 9.84 Å². The van der Waals surface area contributed by atoms with Gasteiger partial charge in [0.25, 0.3) is 0 Å². The van der Waals surface area contributed by atoms with E-state index in [2.05, 4.69) is 12.0 Å². The highest BCUT2D eigenvalue weighted by Gasteiger charge is 2.11. The van der Waals surface area contributed by atoms with Gasteiger partial charge < -0.3 is 0 Å². The van der Waals surface area contributed by atoms with Gasteiger partial charge in [-0.1, -0.05) is 18.2 Å². The van der Waals surface area contributed by atoms with Crippen LogP contribution in [0.15, 0.2) is 41.8 Å². The summed E-state index contributed by atoms with van der Waals surface area (Å²) >= 11 is 0. The lowest BCUT2D eigenvalue weighted by Crippen LogP contribution is -2.27. The zero-order chi connectivity index (χ0) is 13.6. The lowest BCUT2D eigenvalue weighted by atomic mass is 10.0. The number of allylic oxidation sites excluding steroid dienone is 1. The van der Waals surface area contributed by atoms with E-state index in [0.717, 1.165) is 24.8 Å². The molecule has 0 aromatic heterocycles. The molecule has 0 saturated heterocycles. The molecule has 0 radical (unpaired) electrons. The highest BCUT2D eigenvalue weighted by molar-refractivity contribution is 7.90. The van der Waals surface area contributed by atoms with E-state index < -0.39 is 9.84 Å². The minimum absolute atomic E-state index is 0.0403. The Balaban J connectivity index is 2.78. The molecule has 0 spiro atoms. The van der Waals surface area contributed by atoms with Gasteiger partial charge in [-0.05, 0) is 37.0 Å². The summed E-state index contributed by atoms with van der Waals surface area (Å²) in [5.74, 6) is 5.52. The van der Waals surface area contributed by atoms with Crippen molar-refractivity contribution in [2.45, 2.75) is 30.2 Å². The van der Waals surface area contributed by atoms with E-state index in [1.807, 2.05) is 6.08 Å². The second-order valence-corrected chi connectivity index (χ2v) is 6.30. The molecule has 0 fully saturated rings. The molecule has 0 saturated carbocycles. The monoisotopic (exact) mass is 268 g/mol. The van der Waals surface area contributed by atoms with Gasteiger partial charge >= 0.3 is 0 Å². The van der Waals surface area contributed by atoms with E-state index >= 15 is 0 Å². The third-order valence-electron chi connectivity index (χ3n) is 2.81. The zero-order valence-electron chi connectivity index (χ0n) is 10.6. The Labute approximate surface area is 109 Å². The Morgan fingerprint density at radius 3 is 2.44 bits per heavy atom. The van der Waals surface area contributed by atoms with E-state index in [-0.39, 0.29) is 6.04 Å². The van der Waals surface area contributed by atoms with Crippen molar-refractivity contribution in [3.63, 3.8) is 0 Å². The van der Waals surface area contributed by atoms with Gasteiger partial charge in [-0.15, -0.1) is 6.58 Å². The molecule has 5 heteroatoms. The molecule has 1 aromatic carbocycles. The molecule has 3 N–H and O–H groups in total. The van der Waals surface area contributed by atoms with E-state index in [1.165, 1.54) is 6.26 Å². The van der Waals surface area contributed by atoms with Crippen LogP contribution in [-0.2, 0) is 9.84 Å². The van der Waals surface area contributed by atoms with Crippen molar-refractivity contribution in [3.8, 4) is 0 Å². The van der Waals surface area contributed by atoms with Gasteiger partial charge in [0.2, 0.25) is 0 Å². The number of hydrogen-bond acceptors (Lipinski definition) is 4. The minimum atomic E-state index is -3.14. The molecule has 1 unspecified atom stereocenters. The van der Waals surface area contributed by atoms with Crippen LogP contribution in [0.25, 0.3) is 0 Å². The summed E-state index contributed by atoms with van der Waals surface area (Å²) in [6.45, 7) is 3.68. The summed E-state index contributed by atoms with van der Waals surface area (Å²) in [7, 11) is -3.14. The van der Waals surface area contributed by atoms with Crippen LogP contribution in [0.5, 0.6) is 0 Å². The number of benzene rings is 1. The second-order valence-electron chi connectivity index (χ2n) is 4.28. The summed E-state index contributed by atoms with van der Waals surface area (Å²) in [6, 6.07) is 6.87. The van der Waals surface area contributed by atoms with Gasteiger partial charge in [-0.2, -0.15) is 0 Å². The summed E-state index contributed by atoms with van der Waals surface area (Å²) in [5, 5.41) is 0. The highest BCUT2D eigenvalue weighted by Crippen LogP contribution is 2.20. The highest BCUT2D eigenvalue weighted by atomic mass is 32.2.